The quantitative estimate of drug-likeness (QED) is 0.797. The molecule has 0 saturated carbocycles. The molecular weight excluding hydrogens is 330 g/mol. The number of benzene rings is 1. The van der Waals surface area contributed by atoms with Crippen molar-refractivity contribution in [2.75, 3.05) is 13.2 Å². The molecule has 2 heterocycles. The normalized spacial score (nSPS) is 22.6. The lowest BCUT2D eigenvalue weighted by Crippen LogP contribution is -2.40. The van der Waals surface area contributed by atoms with Gasteiger partial charge in [0.25, 0.3) is 0 Å². The second kappa shape index (κ2) is 7.71. The predicted octanol–water partition coefficient (Wildman–Crippen LogP) is 4.38. The van der Waals surface area contributed by atoms with Crippen LogP contribution >= 0.6 is 11.3 Å². The van der Waals surface area contributed by atoms with Crippen LogP contribution in [0.3, 0.4) is 0 Å². The van der Waals surface area contributed by atoms with E-state index < -0.39 is 0 Å². The third kappa shape index (κ3) is 3.80. The van der Waals surface area contributed by atoms with Crippen LogP contribution in [0.2, 0.25) is 0 Å². The number of carbonyl (C=O) groups excluding carboxylic acids is 1. The standard InChI is InChI=1S/C21H25NO2S/c23-21(20-11-3-7-16-6-1-2-10-19(16)20)22(14-17-8-4-12-24-17)15-18-9-5-13-25-18/h1-2,5-6,9-10,13,17,20H,3-4,7-8,11-12,14-15H2. The second-order valence-corrected chi connectivity index (χ2v) is 8.11. The molecule has 2 aliphatic rings. The first kappa shape index (κ1) is 16.8. The van der Waals surface area contributed by atoms with Crippen LogP contribution in [0.25, 0.3) is 0 Å². The molecule has 1 saturated heterocycles. The zero-order valence-corrected chi connectivity index (χ0v) is 15.3. The summed E-state index contributed by atoms with van der Waals surface area (Å²) in [5.74, 6) is 0.280. The highest BCUT2D eigenvalue weighted by molar-refractivity contribution is 7.09. The lowest BCUT2D eigenvalue weighted by Gasteiger charge is -2.32. The zero-order chi connectivity index (χ0) is 17.1. The van der Waals surface area contributed by atoms with Crippen LogP contribution in [0.4, 0.5) is 0 Å². The van der Waals surface area contributed by atoms with Gasteiger partial charge >= 0.3 is 0 Å². The van der Waals surface area contributed by atoms with E-state index in [1.807, 2.05) is 0 Å². The summed E-state index contributed by atoms with van der Waals surface area (Å²) < 4.78 is 5.82. The number of hydrogen-bond donors (Lipinski definition) is 0. The van der Waals surface area contributed by atoms with Gasteiger partial charge in [-0.2, -0.15) is 0 Å². The van der Waals surface area contributed by atoms with Crippen molar-refractivity contribution < 1.29 is 9.53 Å². The van der Waals surface area contributed by atoms with Crippen LogP contribution in [-0.2, 0) is 22.5 Å². The summed E-state index contributed by atoms with van der Waals surface area (Å²) in [6.07, 6.45) is 5.52. The minimum absolute atomic E-state index is 0.00585. The first-order valence-electron chi connectivity index (χ1n) is 9.32. The lowest BCUT2D eigenvalue weighted by atomic mass is 9.82. The van der Waals surface area contributed by atoms with Crippen LogP contribution in [0.1, 0.15) is 47.6 Å². The van der Waals surface area contributed by atoms with Crippen molar-refractivity contribution in [3.8, 4) is 0 Å². The molecule has 2 aromatic rings. The Balaban J connectivity index is 1.56. The maximum Gasteiger partial charge on any atom is 0.230 e. The van der Waals surface area contributed by atoms with Crippen molar-refractivity contribution in [2.45, 2.75) is 50.7 Å². The smallest absolute Gasteiger partial charge is 0.230 e. The van der Waals surface area contributed by atoms with Crippen LogP contribution < -0.4 is 0 Å². The molecule has 3 nitrogen and oxygen atoms in total. The fourth-order valence-corrected chi connectivity index (χ4v) is 4.81. The van der Waals surface area contributed by atoms with Crippen LogP contribution in [0, 0.1) is 0 Å². The second-order valence-electron chi connectivity index (χ2n) is 7.08. The SMILES string of the molecule is O=C(C1CCCc2ccccc21)N(Cc1cccs1)CC1CCCO1. The molecule has 2 unspecified atom stereocenters. The fourth-order valence-electron chi connectivity index (χ4n) is 4.09. The Hall–Kier alpha value is -1.65. The van der Waals surface area contributed by atoms with Gasteiger partial charge in [-0.05, 0) is 54.7 Å². The van der Waals surface area contributed by atoms with E-state index in [1.54, 1.807) is 11.3 Å². The van der Waals surface area contributed by atoms with E-state index in [0.717, 1.165) is 45.3 Å². The Morgan fingerprint density at radius 1 is 1.16 bits per heavy atom. The first-order valence-corrected chi connectivity index (χ1v) is 10.2. The minimum atomic E-state index is 0.00585. The van der Waals surface area contributed by atoms with E-state index in [4.69, 9.17) is 4.74 Å². The van der Waals surface area contributed by atoms with Gasteiger partial charge in [-0.1, -0.05) is 30.3 Å². The lowest BCUT2D eigenvalue weighted by molar-refractivity contribution is -0.135. The molecule has 0 bridgehead atoms. The summed E-state index contributed by atoms with van der Waals surface area (Å²) in [4.78, 5) is 16.7. The largest absolute Gasteiger partial charge is 0.376 e. The average molecular weight is 356 g/mol. The molecular formula is C21H25NO2S. The van der Waals surface area contributed by atoms with E-state index in [-0.39, 0.29) is 17.9 Å². The van der Waals surface area contributed by atoms with Crippen molar-refractivity contribution in [3.63, 3.8) is 0 Å². The Labute approximate surface area is 153 Å². The third-order valence-electron chi connectivity index (χ3n) is 5.35. The average Bonchev–Trinajstić information content (AvgIpc) is 3.34. The summed E-state index contributed by atoms with van der Waals surface area (Å²) in [5, 5.41) is 2.08. The van der Waals surface area contributed by atoms with Crippen LogP contribution in [0.5, 0.6) is 0 Å². The molecule has 1 fully saturated rings. The van der Waals surface area contributed by atoms with E-state index in [9.17, 15) is 4.79 Å². The van der Waals surface area contributed by atoms with E-state index >= 15 is 0 Å². The molecule has 1 aromatic heterocycles. The topological polar surface area (TPSA) is 29.5 Å². The molecule has 0 N–H and O–H groups in total. The number of thiophene rings is 1. The highest BCUT2D eigenvalue weighted by Crippen LogP contribution is 2.33. The van der Waals surface area contributed by atoms with Gasteiger partial charge in [0.1, 0.15) is 0 Å². The molecule has 1 aliphatic heterocycles. The number of carbonyl (C=O) groups is 1. The Morgan fingerprint density at radius 2 is 2.08 bits per heavy atom. The number of ether oxygens (including phenoxy) is 1. The van der Waals surface area contributed by atoms with Gasteiger partial charge in [-0.3, -0.25) is 4.79 Å². The van der Waals surface area contributed by atoms with Gasteiger partial charge < -0.3 is 9.64 Å². The van der Waals surface area contributed by atoms with E-state index in [0.29, 0.717) is 6.54 Å². The number of fused-ring (bicyclic) bond motifs is 1. The summed E-state index contributed by atoms with van der Waals surface area (Å²) in [5.41, 5.74) is 2.59. The highest BCUT2D eigenvalue weighted by Gasteiger charge is 2.31. The van der Waals surface area contributed by atoms with Crippen LogP contribution in [0.15, 0.2) is 41.8 Å². The number of hydrogen-bond acceptors (Lipinski definition) is 3. The molecule has 1 amide bonds. The van der Waals surface area contributed by atoms with Gasteiger partial charge in [0.15, 0.2) is 0 Å². The number of amides is 1. The monoisotopic (exact) mass is 355 g/mol. The predicted molar refractivity (Wildman–Crippen MR) is 101 cm³/mol. The first-order chi connectivity index (χ1) is 12.3. The zero-order valence-electron chi connectivity index (χ0n) is 14.5. The minimum Gasteiger partial charge on any atom is -0.376 e. The van der Waals surface area contributed by atoms with E-state index in [1.165, 1.54) is 16.0 Å². The molecule has 0 spiro atoms. The Bertz CT molecular complexity index is 706. The van der Waals surface area contributed by atoms with E-state index in [2.05, 4.69) is 46.7 Å². The van der Waals surface area contributed by atoms with Gasteiger partial charge in [-0.15, -0.1) is 11.3 Å². The van der Waals surface area contributed by atoms with Gasteiger partial charge in [-0.25, -0.2) is 0 Å². The molecule has 1 aromatic carbocycles. The molecule has 25 heavy (non-hydrogen) atoms. The maximum atomic E-state index is 13.5. The molecule has 4 heteroatoms. The number of rotatable bonds is 5. The molecule has 1 aliphatic carbocycles. The van der Waals surface area contributed by atoms with Crippen LogP contribution in [-0.4, -0.2) is 30.1 Å². The van der Waals surface area contributed by atoms with Crippen molar-refractivity contribution in [3.05, 3.63) is 57.8 Å². The van der Waals surface area contributed by atoms with Crippen molar-refractivity contribution in [2.24, 2.45) is 0 Å². The summed E-state index contributed by atoms with van der Waals surface area (Å²) in [6.45, 7) is 2.25. The van der Waals surface area contributed by atoms with Crippen molar-refractivity contribution >= 4 is 17.2 Å². The van der Waals surface area contributed by atoms with Gasteiger partial charge in [0, 0.05) is 18.0 Å². The molecule has 2 atom stereocenters. The van der Waals surface area contributed by atoms with Gasteiger partial charge in [0.05, 0.1) is 18.6 Å². The maximum absolute atomic E-state index is 13.5. The number of aryl methyl sites for hydroxylation is 1. The third-order valence-corrected chi connectivity index (χ3v) is 6.22. The fraction of sp³-hybridized carbons (Fsp3) is 0.476. The Kier molecular flexibility index (Phi) is 5.18. The Morgan fingerprint density at radius 3 is 2.88 bits per heavy atom. The summed E-state index contributed by atoms with van der Waals surface area (Å²) in [6, 6.07) is 12.7. The van der Waals surface area contributed by atoms with Crippen molar-refractivity contribution in [1.29, 1.82) is 0 Å². The summed E-state index contributed by atoms with van der Waals surface area (Å²) in [7, 11) is 0. The molecule has 0 radical (unpaired) electrons. The van der Waals surface area contributed by atoms with Gasteiger partial charge in [0.2, 0.25) is 5.91 Å². The number of nitrogens with zero attached hydrogens (tertiary/aromatic N) is 1. The highest BCUT2D eigenvalue weighted by atomic mass is 32.1. The molecule has 4 rings (SSSR count). The van der Waals surface area contributed by atoms with Crippen molar-refractivity contribution in [1.82, 2.24) is 4.90 Å². The summed E-state index contributed by atoms with van der Waals surface area (Å²) >= 11 is 1.72. The molecule has 132 valence electrons.